The molecule has 2 N–H and O–H groups in total. The predicted molar refractivity (Wildman–Crippen MR) is 135 cm³/mol. The zero-order chi connectivity index (χ0) is 24.6. The number of fused-ring (bicyclic) bond motifs is 1. The van der Waals surface area contributed by atoms with E-state index in [1.54, 1.807) is 12.4 Å². The van der Waals surface area contributed by atoms with E-state index in [2.05, 4.69) is 15.4 Å². The fourth-order valence-corrected chi connectivity index (χ4v) is 7.01. The molecule has 0 radical (unpaired) electrons. The van der Waals surface area contributed by atoms with Gasteiger partial charge in [-0.1, -0.05) is 11.6 Å². The number of hydrogen-bond donors (Lipinski definition) is 2. The minimum atomic E-state index is -1.02. The SMILES string of the molecule is Cc1cc2cnc(Nc3cnn(C45CC(C4)C5)c3Cl)nc2cc1[C@@H]1CCN([C@H]2COC[C@H]2O)C[C@H]1F. The van der Waals surface area contributed by atoms with E-state index in [1.807, 2.05) is 28.6 Å². The number of halogens is 2. The average molecular weight is 513 g/mol. The van der Waals surface area contributed by atoms with Crippen molar-refractivity contribution in [3.8, 4) is 0 Å². The van der Waals surface area contributed by atoms with Crippen molar-refractivity contribution in [3.05, 3.63) is 40.8 Å². The van der Waals surface area contributed by atoms with Crippen molar-refractivity contribution in [2.45, 2.75) is 62.4 Å². The van der Waals surface area contributed by atoms with Gasteiger partial charge in [-0.05, 0) is 68.3 Å². The van der Waals surface area contributed by atoms with Crippen LogP contribution in [-0.4, -0.2) is 74.4 Å². The van der Waals surface area contributed by atoms with Gasteiger partial charge in [-0.3, -0.25) is 4.90 Å². The largest absolute Gasteiger partial charge is 0.389 e. The molecule has 5 fully saturated rings. The highest BCUT2D eigenvalue weighted by Crippen LogP contribution is 2.63. The minimum absolute atomic E-state index is 0.111. The van der Waals surface area contributed by atoms with Gasteiger partial charge in [-0.15, -0.1) is 0 Å². The highest BCUT2D eigenvalue weighted by Gasteiger charge is 2.59. The number of likely N-dealkylation sites (tertiary alicyclic amines) is 1. The molecular weight excluding hydrogens is 483 g/mol. The maximum Gasteiger partial charge on any atom is 0.227 e. The molecule has 3 aliphatic carbocycles. The van der Waals surface area contributed by atoms with Crippen molar-refractivity contribution in [1.29, 1.82) is 0 Å². The second kappa shape index (κ2) is 8.34. The van der Waals surface area contributed by atoms with Gasteiger partial charge in [0, 0.05) is 24.0 Å². The van der Waals surface area contributed by atoms with Crippen LogP contribution in [0.1, 0.15) is 42.7 Å². The van der Waals surface area contributed by atoms with Crippen LogP contribution in [0.3, 0.4) is 0 Å². The van der Waals surface area contributed by atoms with Crippen LogP contribution < -0.4 is 5.32 Å². The maximum absolute atomic E-state index is 15.5. The van der Waals surface area contributed by atoms with E-state index in [1.165, 1.54) is 0 Å². The van der Waals surface area contributed by atoms with Crippen LogP contribution in [0.4, 0.5) is 16.0 Å². The fraction of sp³-hybridized carbons (Fsp3) is 0.577. The Morgan fingerprint density at radius 1 is 1.22 bits per heavy atom. The summed E-state index contributed by atoms with van der Waals surface area (Å²) in [6.45, 7) is 3.84. The van der Waals surface area contributed by atoms with Gasteiger partial charge in [0.1, 0.15) is 6.17 Å². The highest BCUT2D eigenvalue weighted by molar-refractivity contribution is 6.32. The van der Waals surface area contributed by atoms with E-state index in [4.69, 9.17) is 21.3 Å². The molecule has 2 bridgehead atoms. The van der Waals surface area contributed by atoms with E-state index >= 15 is 4.39 Å². The lowest BCUT2D eigenvalue weighted by atomic mass is 9.50. The van der Waals surface area contributed by atoms with E-state index < -0.39 is 12.3 Å². The van der Waals surface area contributed by atoms with Gasteiger partial charge in [0.2, 0.25) is 5.95 Å². The summed E-state index contributed by atoms with van der Waals surface area (Å²) in [4.78, 5) is 11.3. The molecule has 2 saturated heterocycles. The molecule has 36 heavy (non-hydrogen) atoms. The highest BCUT2D eigenvalue weighted by atomic mass is 35.5. The lowest BCUT2D eigenvalue weighted by molar-refractivity contribution is -0.0975. The molecular formula is C26H30ClFN6O2. The first-order valence-corrected chi connectivity index (χ1v) is 13.2. The van der Waals surface area contributed by atoms with Gasteiger partial charge in [-0.2, -0.15) is 5.10 Å². The van der Waals surface area contributed by atoms with Crippen LogP contribution in [0.15, 0.2) is 24.5 Å². The molecule has 0 amide bonds. The Bertz CT molecular complexity index is 1320. The Balaban J connectivity index is 1.12. The molecule has 0 unspecified atom stereocenters. The summed E-state index contributed by atoms with van der Waals surface area (Å²) in [6, 6.07) is 3.93. The molecule has 4 atom stereocenters. The summed E-state index contributed by atoms with van der Waals surface area (Å²) in [7, 11) is 0. The van der Waals surface area contributed by atoms with Crippen LogP contribution in [0, 0.1) is 12.8 Å². The predicted octanol–water partition coefficient (Wildman–Crippen LogP) is 3.93. The van der Waals surface area contributed by atoms with E-state index in [0.717, 1.165) is 53.8 Å². The third-order valence-corrected chi connectivity index (χ3v) is 9.21. The molecule has 5 aliphatic rings. The number of aryl methyl sites for hydroxylation is 1. The van der Waals surface area contributed by atoms with Crippen molar-refractivity contribution in [3.63, 3.8) is 0 Å². The van der Waals surface area contributed by atoms with Gasteiger partial charge in [0.15, 0.2) is 5.15 Å². The second-order valence-corrected chi connectivity index (χ2v) is 11.5. The number of nitrogens with one attached hydrogen (secondary N) is 1. The quantitative estimate of drug-likeness (QED) is 0.535. The number of nitrogens with zero attached hydrogens (tertiary/aromatic N) is 5. The lowest BCUT2D eigenvalue weighted by Gasteiger charge is -2.61. The summed E-state index contributed by atoms with van der Waals surface area (Å²) in [5.74, 6) is 1.07. The molecule has 4 heterocycles. The van der Waals surface area contributed by atoms with E-state index in [9.17, 15) is 5.11 Å². The van der Waals surface area contributed by atoms with E-state index in [-0.39, 0.29) is 17.5 Å². The van der Waals surface area contributed by atoms with Crippen LogP contribution in [0.5, 0.6) is 0 Å². The normalized spacial score (nSPS) is 33.9. The van der Waals surface area contributed by atoms with Crippen LogP contribution in [0.25, 0.3) is 10.9 Å². The van der Waals surface area contributed by atoms with E-state index in [0.29, 0.717) is 43.0 Å². The first-order chi connectivity index (χ1) is 17.4. The van der Waals surface area contributed by atoms with Crippen LogP contribution in [-0.2, 0) is 10.3 Å². The Labute approximate surface area is 213 Å². The maximum atomic E-state index is 15.5. The smallest absolute Gasteiger partial charge is 0.227 e. The zero-order valence-corrected chi connectivity index (χ0v) is 21.0. The van der Waals surface area contributed by atoms with Crippen molar-refractivity contribution in [2.24, 2.45) is 5.92 Å². The summed E-state index contributed by atoms with van der Waals surface area (Å²) in [5, 5.41) is 19.4. The van der Waals surface area contributed by atoms with Crippen LogP contribution in [0.2, 0.25) is 5.15 Å². The van der Waals surface area contributed by atoms with Gasteiger partial charge >= 0.3 is 0 Å². The fourth-order valence-electron chi connectivity index (χ4n) is 6.69. The number of aliphatic hydroxyl groups excluding tert-OH is 1. The number of anilines is 2. The second-order valence-electron chi connectivity index (χ2n) is 11.1. The lowest BCUT2D eigenvalue weighted by Crippen LogP contribution is -2.59. The summed E-state index contributed by atoms with van der Waals surface area (Å²) < 4.78 is 22.8. The number of aromatic nitrogens is 4. The Morgan fingerprint density at radius 2 is 2.06 bits per heavy atom. The van der Waals surface area contributed by atoms with Gasteiger partial charge < -0.3 is 15.2 Å². The average Bonchev–Trinajstić information content (AvgIpc) is 3.38. The number of piperidine rings is 1. The number of benzene rings is 1. The van der Waals surface area contributed by atoms with Crippen molar-refractivity contribution < 1.29 is 14.2 Å². The molecule has 190 valence electrons. The summed E-state index contributed by atoms with van der Waals surface area (Å²) >= 11 is 6.66. The topological polar surface area (TPSA) is 88.3 Å². The first kappa shape index (κ1) is 22.8. The number of hydrogen-bond acceptors (Lipinski definition) is 7. The third-order valence-electron chi connectivity index (χ3n) is 8.84. The van der Waals surface area contributed by atoms with Gasteiger partial charge in [0.05, 0.1) is 48.3 Å². The van der Waals surface area contributed by atoms with Gasteiger partial charge in [0.25, 0.3) is 0 Å². The molecule has 0 spiro atoms. The molecule has 8 nitrogen and oxygen atoms in total. The summed E-state index contributed by atoms with van der Waals surface area (Å²) in [5.41, 5.74) is 3.60. The Kier molecular flexibility index (Phi) is 5.29. The molecule has 3 saturated carbocycles. The number of ether oxygens (including phenoxy) is 1. The van der Waals surface area contributed by atoms with Crippen molar-refractivity contribution >= 4 is 34.1 Å². The zero-order valence-electron chi connectivity index (χ0n) is 20.2. The molecule has 3 aromatic rings. The third kappa shape index (κ3) is 3.55. The minimum Gasteiger partial charge on any atom is -0.389 e. The molecule has 8 rings (SSSR count). The molecule has 2 aliphatic heterocycles. The molecule has 10 heteroatoms. The Hall–Kier alpha value is -2.33. The van der Waals surface area contributed by atoms with Crippen LogP contribution >= 0.6 is 11.6 Å². The monoisotopic (exact) mass is 512 g/mol. The Morgan fingerprint density at radius 3 is 2.75 bits per heavy atom. The number of aliphatic hydroxyl groups is 1. The standard InChI is InChI=1S/C26H30ClFN6O2/c1-14-4-16-9-29-25(32-21-10-30-34(24(21)27)26-6-15(7-26)8-26)31-20(16)5-18(14)17-2-3-33(11-19(17)28)22-12-36-13-23(22)35/h4-5,9-10,15,17,19,22-23,35H,2-3,6-8,11-13H2,1H3,(H,29,31,32)/t15?,17-,19+,22-,23+,26?/m0/s1. The van der Waals surface area contributed by atoms with Gasteiger partial charge in [-0.25, -0.2) is 19.0 Å². The summed E-state index contributed by atoms with van der Waals surface area (Å²) in [6.07, 6.45) is 6.12. The first-order valence-electron chi connectivity index (χ1n) is 12.8. The molecule has 2 aromatic heterocycles. The molecule has 1 aromatic carbocycles. The van der Waals surface area contributed by atoms with Crippen molar-refractivity contribution in [2.75, 3.05) is 31.6 Å². The number of alkyl halides is 1. The van der Waals surface area contributed by atoms with Crippen molar-refractivity contribution in [1.82, 2.24) is 24.6 Å². The number of rotatable bonds is 5.